The first-order valence-electron chi connectivity index (χ1n) is 12.2. The van der Waals surface area contributed by atoms with Crippen molar-refractivity contribution in [1.29, 1.82) is 0 Å². The van der Waals surface area contributed by atoms with Crippen LogP contribution in [0.4, 0.5) is 11.4 Å². The molecule has 3 aromatic rings. The minimum atomic E-state index is -3.76. The van der Waals surface area contributed by atoms with E-state index in [-0.39, 0.29) is 17.3 Å². The first-order chi connectivity index (χ1) is 17.3. The van der Waals surface area contributed by atoms with Gasteiger partial charge in [0.05, 0.1) is 10.4 Å². The van der Waals surface area contributed by atoms with Crippen LogP contribution in [0.5, 0.6) is 0 Å². The summed E-state index contributed by atoms with van der Waals surface area (Å²) in [6, 6.07) is 13.7. The lowest BCUT2D eigenvalue weighted by molar-refractivity contribution is -0.123. The number of carboxylic acid groups (broad SMARTS) is 1. The molecule has 10 heteroatoms. The Labute approximate surface area is 210 Å². The van der Waals surface area contributed by atoms with Crippen LogP contribution in [0, 0.1) is 0 Å². The molecule has 0 radical (unpaired) electrons. The van der Waals surface area contributed by atoms with Gasteiger partial charge < -0.3 is 14.9 Å². The van der Waals surface area contributed by atoms with Crippen LogP contribution in [0.2, 0.25) is 0 Å². The van der Waals surface area contributed by atoms with Crippen LogP contribution < -0.4 is 9.80 Å². The van der Waals surface area contributed by atoms with Crippen molar-refractivity contribution in [3.8, 4) is 0 Å². The van der Waals surface area contributed by atoms with Gasteiger partial charge in [-0.1, -0.05) is 6.07 Å². The van der Waals surface area contributed by atoms with Crippen molar-refractivity contribution in [1.82, 2.24) is 8.87 Å². The summed E-state index contributed by atoms with van der Waals surface area (Å²) in [6.07, 6.45) is 4.82. The molecule has 36 heavy (non-hydrogen) atoms. The highest BCUT2D eigenvalue weighted by Gasteiger charge is 2.31. The van der Waals surface area contributed by atoms with Gasteiger partial charge in [0.15, 0.2) is 0 Å². The fraction of sp³-hybridized carbons (Fsp3) is 0.385. The van der Waals surface area contributed by atoms with Crippen molar-refractivity contribution in [3.63, 3.8) is 0 Å². The van der Waals surface area contributed by atoms with Crippen LogP contribution >= 0.6 is 0 Å². The summed E-state index contributed by atoms with van der Waals surface area (Å²) in [4.78, 5) is 27.1. The highest BCUT2D eigenvalue weighted by molar-refractivity contribution is 7.90. The summed E-state index contributed by atoms with van der Waals surface area (Å²) in [5.74, 6) is -0.0215. The topological polar surface area (TPSA) is 103 Å². The molecular formula is C26H30N4O5S. The molecule has 0 spiro atoms. The Morgan fingerprint density at radius 2 is 1.86 bits per heavy atom. The Morgan fingerprint density at radius 3 is 2.64 bits per heavy atom. The second-order valence-electron chi connectivity index (χ2n) is 9.45. The molecule has 0 saturated carbocycles. The summed E-state index contributed by atoms with van der Waals surface area (Å²) in [5.41, 5.74) is 3.49. The molecule has 2 aromatic carbocycles. The predicted molar refractivity (Wildman–Crippen MR) is 138 cm³/mol. The number of fused-ring (bicyclic) bond motifs is 3. The molecule has 1 amide bonds. The van der Waals surface area contributed by atoms with Crippen LogP contribution in [0.3, 0.4) is 0 Å². The SMILES string of the molecule is CC(=O)N1CCc2cc(S(=O)(=O)n3ccc4ccc(N5CCN6CCCC6C5)cc43)ccc21.O=CO. The van der Waals surface area contributed by atoms with Gasteiger partial charge in [0.1, 0.15) is 0 Å². The van der Waals surface area contributed by atoms with Crippen LogP contribution in [-0.2, 0) is 26.0 Å². The third-order valence-corrected chi connectivity index (χ3v) is 9.16. The molecule has 6 rings (SSSR count). The lowest BCUT2D eigenvalue weighted by Gasteiger charge is -2.38. The molecule has 3 aliphatic rings. The number of carbonyl (C=O) groups is 2. The van der Waals surface area contributed by atoms with Gasteiger partial charge in [-0.3, -0.25) is 14.5 Å². The summed E-state index contributed by atoms with van der Waals surface area (Å²) in [6.45, 7) is 6.11. The van der Waals surface area contributed by atoms with Gasteiger partial charge >= 0.3 is 0 Å². The maximum Gasteiger partial charge on any atom is 0.290 e. The van der Waals surface area contributed by atoms with E-state index in [9.17, 15) is 13.2 Å². The molecule has 0 aliphatic carbocycles. The number of nitrogens with zero attached hydrogens (tertiary/aromatic N) is 4. The zero-order chi connectivity index (χ0) is 25.4. The molecule has 4 heterocycles. The standard InChI is InChI=1S/C25H28N4O3S.CH2O2/c1-18(30)28-11-8-20-15-23(6-7-24(20)28)33(31,32)29-12-9-19-4-5-21(16-25(19)29)27-14-13-26-10-2-3-22(26)17-27;2-1-3/h4-7,9,12,15-16,22H,2-3,8,10-11,13-14,17H2,1H3;1H,(H,2,3). The van der Waals surface area contributed by atoms with Crippen molar-refractivity contribution in [3.05, 3.63) is 54.2 Å². The molecule has 2 saturated heterocycles. The normalized spacial score (nSPS) is 19.5. The van der Waals surface area contributed by atoms with E-state index in [1.54, 1.807) is 29.3 Å². The predicted octanol–water partition coefficient (Wildman–Crippen LogP) is 2.77. The van der Waals surface area contributed by atoms with E-state index < -0.39 is 10.0 Å². The number of aromatic nitrogens is 1. The molecule has 190 valence electrons. The minimum absolute atomic E-state index is 0.0215. The Bertz CT molecular complexity index is 1420. The van der Waals surface area contributed by atoms with Crippen LogP contribution in [0.15, 0.2) is 53.6 Å². The van der Waals surface area contributed by atoms with E-state index in [0.717, 1.165) is 42.0 Å². The summed E-state index contributed by atoms with van der Waals surface area (Å²) >= 11 is 0. The molecule has 3 aliphatic heterocycles. The second kappa shape index (κ2) is 9.59. The molecule has 2 fully saturated rings. The van der Waals surface area contributed by atoms with E-state index in [1.807, 2.05) is 18.2 Å². The van der Waals surface area contributed by atoms with E-state index in [0.29, 0.717) is 24.5 Å². The third-order valence-electron chi connectivity index (χ3n) is 7.48. The van der Waals surface area contributed by atoms with Gasteiger partial charge in [-0.25, -0.2) is 12.4 Å². The molecule has 1 atom stereocenters. The lowest BCUT2D eigenvalue weighted by atomic mass is 10.1. The molecule has 0 bridgehead atoms. The number of hydrogen-bond acceptors (Lipinski definition) is 6. The minimum Gasteiger partial charge on any atom is -0.483 e. The summed E-state index contributed by atoms with van der Waals surface area (Å²) in [7, 11) is -3.76. The lowest BCUT2D eigenvalue weighted by Crippen LogP contribution is -2.50. The number of rotatable bonds is 3. The maximum absolute atomic E-state index is 13.6. The summed E-state index contributed by atoms with van der Waals surface area (Å²) < 4.78 is 28.6. The Hall–Kier alpha value is -3.37. The first-order valence-corrected chi connectivity index (χ1v) is 13.6. The van der Waals surface area contributed by atoms with Crippen LogP contribution in [0.25, 0.3) is 10.9 Å². The Kier molecular flexibility index (Phi) is 6.48. The average molecular weight is 511 g/mol. The quantitative estimate of drug-likeness (QED) is 0.541. The van der Waals surface area contributed by atoms with Crippen molar-refractivity contribution < 1.29 is 23.1 Å². The zero-order valence-corrected chi connectivity index (χ0v) is 21.0. The van der Waals surface area contributed by atoms with Crippen molar-refractivity contribution in [2.45, 2.75) is 37.1 Å². The Balaban J connectivity index is 0.000000848. The van der Waals surface area contributed by atoms with Gasteiger partial charge in [0, 0.05) is 62.1 Å². The van der Waals surface area contributed by atoms with Gasteiger partial charge in [0.2, 0.25) is 5.91 Å². The van der Waals surface area contributed by atoms with E-state index >= 15 is 0 Å². The number of piperazine rings is 1. The largest absolute Gasteiger partial charge is 0.483 e. The van der Waals surface area contributed by atoms with E-state index in [2.05, 4.69) is 15.9 Å². The molecular weight excluding hydrogens is 480 g/mol. The smallest absolute Gasteiger partial charge is 0.290 e. The van der Waals surface area contributed by atoms with Gasteiger partial charge in [-0.2, -0.15) is 0 Å². The maximum atomic E-state index is 13.6. The molecule has 9 nitrogen and oxygen atoms in total. The number of anilines is 2. The highest BCUT2D eigenvalue weighted by Crippen LogP contribution is 2.33. The number of carbonyl (C=O) groups excluding carboxylic acids is 1. The van der Waals surface area contributed by atoms with Crippen molar-refractivity contribution in [2.24, 2.45) is 0 Å². The van der Waals surface area contributed by atoms with Crippen molar-refractivity contribution >= 4 is 44.7 Å². The average Bonchev–Trinajstić information content (AvgIpc) is 3.61. The highest BCUT2D eigenvalue weighted by atomic mass is 32.2. The zero-order valence-electron chi connectivity index (χ0n) is 20.2. The molecule has 1 unspecified atom stereocenters. The summed E-state index contributed by atoms with van der Waals surface area (Å²) in [5, 5.41) is 7.80. The number of hydrogen-bond donors (Lipinski definition) is 1. The van der Waals surface area contributed by atoms with Crippen LogP contribution in [-0.4, -0.2) is 73.5 Å². The molecule has 1 N–H and O–H groups in total. The molecule has 1 aromatic heterocycles. The number of amides is 1. The Morgan fingerprint density at radius 1 is 1.06 bits per heavy atom. The third kappa shape index (κ3) is 4.24. The van der Waals surface area contributed by atoms with E-state index in [4.69, 9.17) is 9.90 Å². The van der Waals surface area contributed by atoms with Gasteiger partial charge in [-0.05, 0) is 67.8 Å². The fourth-order valence-electron chi connectivity index (χ4n) is 5.70. The van der Waals surface area contributed by atoms with E-state index in [1.165, 1.54) is 30.3 Å². The van der Waals surface area contributed by atoms with Gasteiger partial charge in [0.25, 0.3) is 16.5 Å². The second-order valence-corrected chi connectivity index (χ2v) is 11.3. The first kappa shape index (κ1) is 24.3. The van der Waals surface area contributed by atoms with Crippen molar-refractivity contribution in [2.75, 3.05) is 42.5 Å². The monoisotopic (exact) mass is 510 g/mol. The van der Waals surface area contributed by atoms with Gasteiger partial charge in [-0.15, -0.1) is 0 Å². The van der Waals surface area contributed by atoms with Crippen LogP contribution in [0.1, 0.15) is 25.3 Å². The fourth-order valence-corrected chi connectivity index (χ4v) is 7.10. The number of benzene rings is 2.